The standard InChI is InChI=1S/C22H34N4O5/c23-3-5-30-6-7-31-22-11-16-8-17(12-22)10-21(9-16,15-22)26(20(28)29)14-19(27)25-4-1-2-18(25)13-24/h16-18H,1-12,14-15,23H2,(H,28,29)/t16-,17-,18-,21?,22?/m0/s1. The summed E-state index contributed by atoms with van der Waals surface area (Å²) in [5, 5.41) is 19.4. The third-order valence-corrected chi connectivity index (χ3v) is 7.69. The van der Waals surface area contributed by atoms with Crippen LogP contribution >= 0.6 is 0 Å². The van der Waals surface area contributed by atoms with Gasteiger partial charge in [-0.3, -0.25) is 9.69 Å². The Labute approximate surface area is 183 Å². The molecule has 31 heavy (non-hydrogen) atoms. The van der Waals surface area contributed by atoms with Crippen molar-refractivity contribution < 1.29 is 24.2 Å². The van der Waals surface area contributed by atoms with Gasteiger partial charge >= 0.3 is 6.09 Å². The Bertz CT molecular complexity index is 724. The van der Waals surface area contributed by atoms with Crippen molar-refractivity contribution in [2.75, 3.05) is 39.5 Å². The number of hydrogen-bond acceptors (Lipinski definition) is 6. The van der Waals surface area contributed by atoms with E-state index in [0.717, 1.165) is 38.5 Å². The average molecular weight is 435 g/mol. The van der Waals surface area contributed by atoms with Gasteiger partial charge in [0.1, 0.15) is 12.6 Å². The molecule has 172 valence electrons. The summed E-state index contributed by atoms with van der Waals surface area (Å²) in [5.74, 6) is 0.580. The Hall–Kier alpha value is -1.89. The molecule has 0 aromatic rings. The first-order valence-corrected chi connectivity index (χ1v) is 11.5. The largest absolute Gasteiger partial charge is 0.465 e. The monoisotopic (exact) mass is 434 g/mol. The summed E-state index contributed by atoms with van der Waals surface area (Å²) in [4.78, 5) is 28.3. The SMILES string of the molecule is N#C[C@@H]1CCCN1C(=O)CN(C(=O)O)C12C[C@@H]3C[C@H](CC(OCCOCCN)(C3)C1)C2. The number of nitrogens with two attached hydrogens (primary N) is 1. The number of hydrogen-bond donors (Lipinski definition) is 2. The van der Waals surface area contributed by atoms with Crippen LogP contribution in [0.25, 0.3) is 0 Å². The summed E-state index contributed by atoms with van der Waals surface area (Å²) in [6.07, 6.45) is 5.62. The van der Waals surface area contributed by atoms with E-state index in [1.54, 1.807) is 4.90 Å². The Kier molecular flexibility index (Phi) is 6.42. The van der Waals surface area contributed by atoms with Crippen LogP contribution in [0, 0.1) is 23.2 Å². The third-order valence-electron chi connectivity index (χ3n) is 7.69. The molecule has 0 spiro atoms. The van der Waals surface area contributed by atoms with Gasteiger partial charge in [-0.2, -0.15) is 5.26 Å². The first-order chi connectivity index (χ1) is 14.9. The molecule has 2 amide bonds. The lowest BCUT2D eigenvalue weighted by molar-refractivity contribution is -0.200. The number of rotatable bonds is 9. The second-order valence-electron chi connectivity index (χ2n) is 9.86. The summed E-state index contributed by atoms with van der Waals surface area (Å²) in [6.45, 7) is 2.28. The van der Waals surface area contributed by atoms with E-state index in [-0.39, 0.29) is 18.1 Å². The number of ether oxygens (including phenoxy) is 2. The first kappa shape index (κ1) is 22.3. The van der Waals surface area contributed by atoms with Crippen LogP contribution in [0.4, 0.5) is 4.79 Å². The molecule has 9 nitrogen and oxygen atoms in total. The summed E-state index contributed by atoms with van der Waals surface area (Å²) in [6, 6.07) is 1.73. The van der Waals surface area contributed by atoms with Crippen LogP contribution in [0.15, 0.2) is 0 Å². The lowest BCUT2D eigenvalue weighted by atomic mass is 9.50. The summed E-state index contributed by atoms with van der Waals surface area (Å²) >= 11 is 0. The summed E-state index contributed by atoms with van der Waals surface area (Å²) in [5.41, 5.74) is 4.56. The molecule has 0 unspecified atom stereocenters. The molecule has 4 aliphatic carbocycles. The molecule has 4 saturated carbocycles. The zero-order valence-electron chi connectivity index (χ0n) is 18.1. The molecular weight excluding hydrogens is 400 g/mol. The van der Waals surface area contributed by atoms with Crippen molar-refractivity contribution in [3.05, 3.63) is 0 Å². The third kappa shape index (κ3) is 4.38. The van der Waals surface area contributed by atoms with Crippen molar-refractivity contribution in [3.63, 3.8) is 0 Å². The second kappa shape index (κ2) is 8.93. The second-order valence-corrected chi connectivity index (χ2v) is 9.86. The maximum Gasteiger partial charge on any atom is 0.408 e. The van der Waals surface area contributed by atoms with Gasteiger partial charge in [0.2, 0.25) is 5.91 Å². The fraction of sp³-hybridized carbons (Fsp3) is 0.864. The fourth-order valence-corrected chi connectivity index (χ4v) is 6.98. The zero-order chi connectivity index (χ0) is 22.1. The van der Waals surface area contributed by atoms with Gasteiger partial charge in [-0.15, -0.1) is 0 Å². The van der Waals surface area contributed by atoms with Gasteiger partial charge < -0.3 is 25.2 Å². The highest BCUT2D eigenvalue weighted by molar-refractivity contribution is 5.83. The summed E-state index contributed by atoms with van der Waals surface area (Å²) < 4.78 is 11.8. The van der Waals surface area contributed by atoms with E-state index in [1.807, 2.05) is 0 Å². The zero-order valence-corrected chi connectivity index (χ0v) is 18.1. The highest BCUT2D eigenvalue weighted by Crippen LogP contribution is 2.60. The van der Waals surface area contributed by atoms with Gasteiger partial charge in [0.05, 0.1) is 37.0 Å². The number of carbonyl (C=O) groups excluding carboxylic acids is 1. The van der Waals surface area contributed by atoms with Crippen molar-refractivity contribution >= 4 is 12.0 Å². The minimum atomic E-state index is -1.05. The lowest BCUT2D eigenvalue weighted by Gasteiger charge is -2.63. The first-order valence-electron chi connectivity index (χ1n) is 11.5. The predicted octanol–water partition coefficient (Wildman–Crippen LogP) is 1.56. The predicted molar refractivity (Wildman–Crippen MR) is 111 cm³/mol. The van der Waals surface area contributed by atoms with E-state index in [4.69, 9.17) is 15.2 Å². The topological polar surface area (TPSA) is 129 Å². The van der Waals surface area contributed by atoms with E-state index >= 15 is 0 Å². The smallest absolute Gasteiger partial charge is 0.408 e. The van der Waals surface area contributed by atoms with Gasteiger partial charge in [0.25, 0.3) is 0 Å². The highest BCUT2D eigenvalue weighted by Gasteiger charge is 2.61. The number of nitriles is 1. The van der Waals surface area contributed by atoms with Gasteiger partial charge in [-0.1, -0.05) is 0 Å². The quantitative estimate of drug-likeness (QED) is 0.527. The van der Waals surface area contributed by atoms with Gasteiger partial charge in [0, 0.05) is 13.1 Å². The van der Waals surface area contributed by atoms with Crippen molar-refractivity contribution in [2.24, 2.45) is 17.6 Å². The van der Waals surface area contributed by atoms with E-state index in [2.05, 4.69) is 6.07 Å². The minimum Gasteiger partial charge on any atom is -0.465 e. The molecule has 1 heterocycles. The number of likely N-dealkylation sites (tertiary alicyclic amines) is 1. The molecule has 5 fully saturated rings. The molecule has 3 atom stereocenters. The van der Waals surface area contributed by atoms with Crippen LogP contribution in [-0.2, 0) is 14.3 Å². The van der Waals surface area contributed by atoms with Gasteiger partial charge in [-0.25, -0.2) is 4.79 Å². The van der Waals surface area contributed by atoms with Crippen molar-refractivity contribution in [1.29, 1.82) is 5.26 Å². The Morgan fingerprint density at radius 1 is 1.19 bits per heavy atom. The Morgan fingerprint density at radius 3 is 2.58 bits per heavy atom. The molecule has 0 radical (unpaired) electrons. The maximum absolute atomic E-state index is 13.0. The van der Waals surface area contributed by atoms with E-state index < -0.39 is 17.7 Å². The van der Waals surface area contributed by atoms with Gasteiger partial charge in [-0.05, 0) is 63.2 Å². The molecular formula is C22H34N4O5. The minimum absolute atomic E-state index is 0.178. The normalized spacial score (nSPS) is 35.9. The fourth-order valence-electron chi connectivity index (χ4n) is 6.98. The molecule has 4 bridgehead atoms. The molecule has 3 N–H and O–H groups in total. The highest BCUT2D eigenvalue weighted by atomic mass is 16.5. The molecule has 0 aromatic heterocycles. The summed E-state index contributed by atoms with van der Waals surface area (Å²) in [7, 11) is 0. The van der Waals surface area contributed by atoms with E-state index in [9.17, 15) is 20.0 Å². The van der Waals surface area contributed by atoms with Crippen LogP contribution < -0.4 is 5.73 Å². The molecule has 5 aliphatic rings. The Morgan fingerprint density at radius 2 is 1.94 bits per heavy atom. The number of amides is 2. The Balaban J connectivity index is 1.48. The van der Waals surface area contributed by atoms with Crippen LogP contribution in [0.3, 0.4) is 0 Å². The van der Waals surface area contributed by atoms with Crippen LogP contribution in [0.2, 0.25) is 0 Å². The van der Waals surface area contributed by atoms with Crippen LogP contribution in [0.5, 0.6) is 0 Å². The van der Waals surface area contributed by atoms with Crippen molar-refractivity contribution in [2.45, 2.75) is 68.5 Å². The average Bonchev–Trinajstić information content (AvgIpc) is 3.19. The van der Waals surface area contributed by atoms with Gasteiger partial charge in [0.15, 0.2) is 0 Å². The molecule has 1 saturated heterocycles. The van der Waals surface area contributed by atoms with E-state index in [0.29, 0.717) is 57.6 Å². The number of carboxylic acid groups (broad SMARTS) is 1. The lowest BCUT2D eigenvalue weighted by Crippen LogP contribution is -2.68. The van der Waals surface area contributed by atoms with Crippen LogP contribution in [0.1, 0.15) is 51.4 Å². The van der Waals surface area contributed by atoms with Crippen molar-refractivity contribution in [3.8, 4) is 6.07 Å². The maximum atomic E-state index is 13.0. The molecule has 1 aliphatic heterocycles. The number of carbonyl (C=O) groups is 2. The number of nitrogens with zero attached hydrogens (tertiary/aromatic N) is 3. The van der Waals surface area contributed by atoms with E-state index in [1.165, 1.54) is 4.90 Å². The van der Waals surface area contributed by atoms with Crippen LogP contribution in [-0.4, -0.2) is 83.5 Å². The van der Waals surface area contributed by atoms with Crippen molar-refractivity contribution in [1.82, 2.24) is 9.80 Å². The molecule has 0 aromatic carbocycles. The molecule has 5 rings (SSSR count). The molecule has 9 heteroatoms.